The third kappa shape index (κ3) is 3.38. The van der Waals surface area contributed by atoms with Crippen LogP contribution in [0.25, 0.3) is 10.8 Å². The van der Waals surface area contributed by atoms with Crippen molar-refractivity contribution in [2.75, 3.05) is 7.11 Å². The van der Waals surface area contributed by atoms with Crippen LogP contribution in [0.15, 0.2) is 54.6 Å². The first kappa shape index (κ1) is 18.2. The Balaban J connectivity index is 1.56. The molecule has 0 radical (unpaired) electrons. The predicted octanol–water partition coefficient (Wildman–Crippen LogP) is 4.77. The lowest BCUT2D eigenvalue weighted by Gasteiger charge is -2.15. The van der Waals surface area contributed by atoms with Crippen LogP contribution < -0.4 is 4.74 Å². The molecule has 1 atom stereocenters. The summed E-state index contributed by atoms with van der Waals surface area (Å²) in [6, 6.07) is 17.0. The van der Waals surface area contributed by atoms with Gasteiger partial charge in [-0.3, -0.25) is 4.79 Å². The molecule has 3 aromatic rings. The third-order valence-corrected chi connectivity index (χ3v) is 5.32. The van der Waals surface area contributed by atoms with Crippen molar-refractivity contribution in [1.29, 1.82) is 0 Å². The van der Waals surface area contributed by atoms with E-state index in [2.05, 4.69) is 0 Å². The Kier molecular flexibility index (Phi) is 4.86. The molecule has 0 bridgehead atoms. The van der Waals surface area contributed by atoms with Crippen molar-refractivity contribution in [2.24, 2.45) is 0 Å². The third-order valence-electron chi connectivity index (χ3n) is 5.32. The van der Waals surface area contributed by atoms with Crippen molar-refractivity contribution >= 4 is 22.5 Å². The minimum Gasteiger partial charge on any atom is -0.496 e. The van der Waals surface area contributed by atoms with E-state index in [0.717, 1.165) is 30.0 Å². The Morgan fingerprint density at radius 3 is 2.39 bits per heavy atom. The fourth-order valence-electron chi connectivity index (χ4n) is 3.79. The lowest BCUT2D eigenvalue weighted by atomic mass is 10.0. The van der Waals surface area contributed by atoms with Crippen LogP contribution in [-0.2, 0) is 17.6 Å². The molecule has 0 heterocycles. The number of methoxy groups -OCH3 is 1. The maximum Gasteiger partial charge on any atom is 0.342 e. The number of carbonyl (C=O) groups excluding carboxylic acids is 2. The molecule has 4 heteroatoms. The van der Waals surface area contributed by atoms with Crippen LogP contribution in [0.2, 0.25) is 0 Å². The number of esters is 1. The van der Waals surface area contributed by atoms with Gasteiger partial charge >= 0.3 is 5.97 Å². The van der Waals surface area contributed by atoms with E-state index in [4.69, 9.17) is 9.47 Å². The topological polar surface area (TPSA) is 52.6 Å². The number of ether oxygens (including phenoxy) is 2. The first-order valence-corrected chi connectivity index (χ1v) is 9.50. The van der Waals surface area contributed by atoms with E-state index in [1.807, 2.05) is 42.5 Å². The maximum atomic E-state index is 12.8. The summed E-state index contributed by atoms with van der Waals surface area (Å²) in [6.07, 6.45) is 2.32. The standard InChI is InChI=1S/C24H22O4/c1-15(23(25)20-11-10-16-8-5-9-17(16)12-20)28-24(26)21-13-18-6-3-4-7-19(18)14-22(21)27-2/h3-4,6-7,10-15H,5,8-9H2,1-2H3/t15-/m0/s1. The fourth-order valence-corrected chi connectivity index (χ4v) is 3.79. The second-order valence-corrected chi connectivity index (χ2v) is 7.15. The van der Waals surface area contributed by atoms with Crippen LogP contribution in [0.4, 0.5) is 0 Å². The van der Waals surface area contributed by atoms with Gasteiger partial charge in [-0.05, 0) is 66.3 Å². The average Bonchev–Trinajstić information content (AvgIpc) is 3.19. The van der Waals surface area contributed by atoms with Crippen molar-refractivity contribution in [3.63, 3.8) is 0 Å². The molecule has 4 nitrogen and oxygen atoms in total. The molecule has 1 aliphatic rings. The molecule has 3 aromatic carbocycles. The molecular weight excluding hydrogens is 352 g/mol. The van der Waals surface area contributed by atoms with Gasteiger partial charge in [-0.15, -0.1) is 0 Å². The predicted molar refractivity (Wildman–Crippen MR) is 108 cm³/mol. The Hall–Kier alpha value is -3.14. The first-order chi connectivity index (χ1) is 13.6. The zero-order valence-electron chi connectivity index (χ0n) is 16.0. The molecule has 1 aliphatic carbocycles. The van der Waals surface area contributed by atoms with Gasteiger partial charge in [-0.25, -0.2) is 4.79 Å². The van der Waals surface area contributed by atoms with Crippen molar-refractivity contribution in [1.82, 2.24) is 0 Å². The molecule has 0 fully saturated rings. The van der Waals surface area contributed by atoms with Crippen molar-refractivity contribution in [3.8, 4) is 5.75 Å². The lowest BCUT2D eigenvalue weighted by Crippen LogP contribution is -2.24. The largest absolute Gasteiger partial charge is 0.496 e. The van der Waals surface area contributed by atoms with E-state index in [1.165, 1.54) is 18.2 Å². The average molecular weight is 374 g/mol. The molecule has 0 aliphatic heterocycles. The van der Waals surface area contributed by atoms with Crippen molar-refractivity contribution in [2.45, 2.75) is 32.3 Å². The van der Waals surface area contributed by atoms with Crippen LogP contribution in [0.3, 0.4) is 0 Å². The smallest absolute Gasteiger partial charge is 0.342 e. The molecule has 0 aromatic heterocycles. The zero-order chi connectivity index (χ0) is 19.7. The second kappa shape index (κ2) is 7.47. The molecular formula is C24H22O4. The molecule has 0 unspecified atom stereocenters. The summed E-state index contributed by atoms with van der Waals surface area (Å²) in [4.78, 5) is 25.5. The van der Waals surface area contributed by atoms with Gasteiger partial charge in [0.25, 0.3) is 0 Å². The normalized spacial score (nSPS) is 13.8. The number of fused-ring (bicyclic) bond motifs is 2. The highest BCUT2D eigenvalue weighted by Gasteiger charge is 2.24. The highest BCUT2D eigenvalue weighted by Crippen LogP contribution is 2.27. The van der Waals surface area contributed by atoms with Crippen LogP contribution in [0.5, 0.6) is 5.75 Å². The van der Waals surface area contributed by atoms with Gasteiger partial charge in [0.15, 0.2) is 6.10 Å². The lowest BCUT2D eigenvalue weighted by molar-refractivity contribution is 0.0316. The summed E-state index contributed by atoms with van der Waals surface area (Å²) in [5, 5.41) is 1.88. The van der Waals surface area contributed by atoms with Crippen LogP contribution in [-0.4, -0.2) is 25.0 Å². The molecule has 28 heavy (non-hydrogen) atoms. The minimum atomic E-state index is -0.872. The van der Waals surface area contributed by atoms with E-state index >= 15 is 0 Å². The summed E-state index contributed by atoms with van der Waals surface area (Å²) in [5.41, 5.74) is 3.43. The van der Waals surface area contributed by atoms with Gasteiger partial charge in [-0.1, -0.05) is 36.4 Å². The maximum absolute atomic E-state index is 12.8. The molecule has 4 rings (SSSR count). The molecule has 142 valence electrons. The van der Waals surface area contributed by atoms with Gasteiger partial charge in [0.05, 0.1) is 7.11 Å². The van der Waals surface area contributed by atoms with Gasteiger partial charge in [0.2, 0.25) is 5.78 Å². The van der Waals surface area contributed by atoms with E-state index in [9.17, 15) is 9.59 Å². The van der Waals surface area contributed by atoms with Crippen LogP contribution in [0, 0.1) is 0 Å². The van der Waals surface area contributed by atoms with Crippen molar-refractivity contribution in [3.05, 3.63) is 76.9 Å². The number of ketones is 1. The van der Waals surface area contributed by atoms with Gasteiger partial charge in [0.1, 0.15) is 11.3 Å². The first-order valence-electron chi connectivity index (χ1n) is 9.50. The molecule has 0 N–H and O–H groups in total. The Morgan fingerprint density at radius 1 is 0.929 bits per heavy atom. The molecule has 0 saturated carbocycles. The van der Waals surface area contributed by atoms with Gasteiger partial charge in [-0.2, -0.15) is 0 Å². The Labute approximate surface area is 164 Å². The second-order valence-electron chi connectivity index (χ2n) is 7.15. The SMILES string of the molecule is COc1cc2ccccc2cc1C(=O)O[C@@H](C)C(=O)c1ccc2c(c1)CCC2. The number of aryl methyl sites for hydroxylation is 2. The van der Waals surface area contributed by atoms with E-state index in [-0.39, 0.29) is 5.78 Å². The highest BCUT2D eigenvalue weighted by atomic mass is 16.5. The van der Waals surface area contributed by atoms with E-state index in [1.54, 1.807) is 19.1 Å². The number of Topliss-reactive ketones (excluding diaryl/α,β-unsaturated/α-hetero) is 1. The summed E-state index contributed by atoms with van der Waals surface area (Å²) in [7, 11) is 1.51. The number of benzene rings is 3. The highest BCUT2D eigenvalue weighted by molar-refractivity contribution is 6.03. The summed E-state index contributed by atoms with van der Waals surface area (Å²) in [5.74, 6) is -0.326. The Morgan fingerprint density at radius 2 is 1.64 bits per heavy atom. The molecule has 0 amide bonds. The van der Waals surface area contributed by atoms with Crippen LogP contribution in [0.1, 0.15) is 45.2 Å². The van der Waals surface area contributed by atoms with E-state index < -0.39 is 12.1 Å². The monoisotopic (exact) mass is 374 g/mol. The zero-order valence-corrected chi connectivity index (χ0v) is 16.0. The van der Waals surface area contributed by atoms with Crippen molar-refractivity contribution < 1.29 is 19.1 Å². The van der Waals surface area contributed by atoms with Crippen LogP contribution >= 0.6 is 0 Å². The molecule has 0 saturated heterocycles. The number of rotatable bonds is 5. The quantitative estimate of drug-likeness (QED) is 0.477. The minimum absolute atomic E-state index is 0.192. The van der Waals surface area contributed by atoms with Gasteiger partial charge in [0, 0.05) is 5.56 Å². The fraction of sp³-hybridized carbons (Fsp3) is 0.250. The summed E-state index contributed by atoms with van der Waals surface area (Å²) < 4.78 is 10.9. The number of hydrogen-bond donors (Lipinski definition) is 0. The van der Waals surface area contributed by atoms with Gasteiger partial charge < -0.3 is 9.47 Å². The molecule has 0 spiro atoms. The Bertz CT molecular complexity index is 1070. The summed E-state index contributed by atoms with van der Waals surface area (Å²) >= 11 is 0. The number of hydrogen-bond acceptors (Lipinski definition) is 4. The summed E-state index contributed by atoms with van der Waals surface area (Å²) in [6.45, 7) is 1.61. The number of carbonyl (C=O) groups is 2. The van der Waals surface area contributed by atoms with E-state index in [0.29, 0.717) is 16.9 Å².